The maximum absolute atomic E-state index is 13.6. The second kappa shape index (κ2) is 8.79. The molecule has 192 valence electrons. The van der Waals surface area contributed by atoms with E-state index in [2.05, 4.69) is 35.2 Å². The van der Waals surface area contributed by atoms with Crippen LogP contribution in [-0.4, -0.2) is 69.1 Å². The second-order valence-electron chi connectivity index (χ2n) is 10.3. The van der Waals surface area contributed by atoms with E-state index in [-0.39, 0.29) is 38.9 Å². The van der Waals surface area contributed by atoms with E-state index in [0.717, 1.165) is 25.2 Å². The molecule has 0 bridgehead atoms. The van der Waals surface area contributed by atoms with Gasteiger partial charge in [-0.15, -0.1) is 4.40 Å². The topological polar surface area (TPSA) is 148 Å². The fraction of sp³-hybridized carbons (Fsp3) is 0.545. The van der Waals surface area contributed by atoms with Crippen LogP contribution in [0.25, 0.3) is 0 Å². The highest BCUT2D eigenvalue weighted by Crippen LogP contribution is 2.36. The molecule has 13 heteroatoms. The van der Waals surface area contributed by atoms with E-state index in [9.17, 15) is 26.7 Å². The van der Waals surface area contributed by atoms with Crippen molar-refractivity contribution in [2.45, 2.75) is 57.4 Å². The number of sulfonamides is 2. The van der Waals surface area contributed by atoms with Gasteiger partial charge in [0.25, 0.3) is 15.9 Å². The van der Waals surface area contributed by atoms with Crippen molar-refractivity contribution in [3.05, 3.63) is 29.5 Å². The number of amides is 1. The van der Waals surface area contributed by atoms with Crippen LogP contribution in [0.2, 0.25) is 0 Å². The lowest BCUT2D eigenvalue weighted by Crippen LogP contribution is -2.60. The summed E-state index contributed by atoms with van der Waals surface area (Å²) in [5, 5.41) is 17.5. The van der Waals surface area contributed by atoms with Gasteiger partial charge in [-0.1, -0.05) is 27.2 Å². The van der Waals surface area contributed by atoms with Crippen molar-refractivity contribution in [1.82, 2.24) is 10.0 Å². The Labute approximate surface area is 206 Å². The third-order valence-corrected chi connectivity index (χ3v) is 8.07. The molecule has 1 unspecified atom stereocenters. The third kappa shape index (κ3) is 5.31. The Balaban J connectivity index is 1.74. The molecule has 1 saturated heterocycles. The molecule has 11 nitrogen and oxygen atoms in total. The molecule has 3 N–H and O–H groups in total. The molecule has 3 aliphatic rings. The maximum atomic E-state index is 13.6. The van der Waals surface area contributed by atoms with Gasteiger partial charge in [-0.3, -0.25) is 14.5 Å². The lowest BCUT2D eigenvalue weighted by atomic mass is 9.91. The number of piperidine rings is 1. The average Bonchev–Trinajstić information content (AvgIpc) is 2.72. The predicted octanol–water partition coefficient (Wildman–Crippen LogP) is 2.43. The van der Waals surface area contributed by atoms with Gasteiger partial charge in [0.15, 0.2) is 5.84 Å². The summed E-state index contributed by atoms with van der Waals surface area (Å²) in [5.74, 6) is -0.943. The van der Waals surface area contributed by atoms with Gasteiger partial charge in [-0.05, 0) is 42.9 Å². The molecule has 35 heavy (non-hydrogen) atoms. The Bertz CT molecular complexity index is 1330. The molecule has 4 rings (SSSR count). The summed E-state index contributed by atoms with van der Waals surface area (Å²) in [6, 6.07) is 3.52. The van der Waals surface area contributed by atoms with Gasteiger partial charge >= 0.3 is 0 Å². The molecule has 1 fully saturated rings. The minimum atomic E-state index is -4.29. The van der Waals surface area contributed by atoms with E-state index >= 15 is 0 Å². The molecule has 0 saturated carbocycles. The van der Waals surface area contributed by atoms with Crippen LogP contribution in [0.4, 0.5) is 11.4 Å². The summed E-state index contributed by atoms with van der Waals surface area (Å²) in [4.78, 5) is 13.4. The van der Waals surface area contributed by atoms with Gasteiger partial charge < -0.3 is 10.4 Å². The monoisotopic (exact) mass is 525 g/mol. The summed E-state index contributed by atoms with van der Waals surface area (Å²) >= 11 is 0. The molecule has 0 aliphatic carbocycles. The number of hydrazine groups is 1. The van der Waals surface area contributed by atoms with Crippen LogP contribution in [-0.2, 0) is 24.8 Å². The van der Waals surface area contributed by atoms with Crippen molar-refractivity contribution < 1.29 is 26.7 Å². The van der Waals surface area contributed by atoms with Crippen molar-refractivity contribution in [3.63, 3.8) is 0 Å². The van der Waals surface area contributed by atoms with Crippen LogP contribution in [0.5, 0.6) is 0 Å². The number of anilines is 2. The first-order valence-corrected chi connectivity index (χ1v) is 14.8. The van der Waals surface area contributed by atoms with Gasteiger partial charge in [0, 0.05) is 18.8 Å². The number of aliphatic hydroxyl groups is 1. The summed E-state index contributed by atoms with van der Waals surface area (Å²) in [7, 11) is -7.90. The van der Waals surface area contributed by atoms with Crippen molar-refractivity contribution in [1.29, 1.82) is 0 Å². The smallest absolute Gasteiger partial charge is 0.286 e. The molecule has 3 aliphatic heterocycles. The molecule has 1 atom stereocenters. The number of hydrogen-bond donors (Lipinski definition) is 3. The van der Waals surface area contributed by atoms with Gasteiger partial charge in [-0.2, -0.15) is 8.42 Å². The second-order valence-corrected chi connectivity index (χ2v) is 13.6. The largest absolute Gasteiger partial charge is 0.510 e. The number of nitrogens with zero attached hydrogens (tertiary/aromatic N) is 3. The Morgan fingerprint density at radius 1 is 1.26 bits per heavy atom. The fourth-order valence-electron chi connectivity index (χ4n) is 4.44. The maximum Gasteiger partial charge on any atom is 0.286 e. The lowest BCUT2D eigenvalue weighted by Gasteiger charge is -2.47. The molecule has 0 aromatic heterocycles. The summed E-state index contributed by atoms with van der Waals surface area (Å²) in [5.41, 5.74) is 0.0107. The minimum Gasteiger partial charge on any atom is -0.510 e. The van der Waals surface area contributed by atoms with Crippen LogP contribution in [0.3, 0.4) is 0 Å². The number of rotatable bonds is 5. The van der Waals surface area contributed by atoms with Gasteiger partial charge in [-0.25, -0.2) is 13.4 Å². The van der Waals surface area contributed by atoms with E-state index in [0.29, 0.717) is 25.9 Å². The number of nitrogens with one attached hydrogen (secondary N) is 2. The van der Waals surface area contributed by atoms with E-state index in [4.69, 9.17) is 0 Å². The normalized spacial score (nSPS) is 22.7. The van der Waals surface area contributed by atoms with Crippen LogP contribution in [0, 0.1) is 5.41 Å². The van der Waals surface area contributed by atoms with Crippen LogP contribution >= 0.6 is 0 Å². The minimum absolute atomic E-state index is 0.0322. The Kier molecular flexibility index (Phi) is 6.39. The van der Waals surface area contributed by atoms with Crippen molar-refractivity contribution in [3.8, 4) is 0 Å². The molecule has 1 aromatic carbocycles. The first-order chi connectivity index (χ1) is 16.2. The molecular weight excluding hydrogens is 494 g/mol. The number of hydrogen-bond acceptors (Lipinski definition) is 8. The predicted molar refractivity (Wildman–Crippen MR) is 133 cm³/mol. The van der Waals surface area contributed by atoms with Crippen LogP contribution < -0.4 is 10.0 Å². The zero-order valence-corrected chi connectivity index (χ0v) is 21.8. The highest BCUT2D eigenvalue weighted by Gasteiger charge is 2.44. The molecule has 0 spiro atoms. The fourth-order valence-corrected chi connectivity index (χ4v) is 6.15. The lowest BCUT2D eigenvalue weighted by molar-refractivity contribution is -0.157. The number of fused-ring (bicyclic) bond motifs is 2. The summed E-state index contributed by atoms with van der Waals surface area (Å²) in [6.45, 7) is 7.27. The number of aliphatic hydroxyl groups excluding tert-OH is 1. The highest BCUT2D eigenvalue weighted by molar-refractivity contribution is 7.92. The van der Waals surface area contributed by atoms with Crippen LogP contribution in [0.1, 0.15) is 46.5 Å². The Hall–Kier alpha value is -2.64. The first-order valence-electron chi connectivity index (χ1n) is 11.4. The third-order valence-electron chi connectivity index (χ3n) is 6.14. The van der Waals surface area contributed by atoms with Crippen LogP contribution in [0.15, 0.2) is 38.8 Å². The van der Waals surface area contributed by atoms with Crippen molar-refractivity contribution >= 4 is 43.2 Å². The Morgan fingerprint density at radius 3 is 2.63 bits per heavy atom. The van der Waals surface area contributed by atoms with Crippen molar-refractivity contribution in [2.75, 3.05) is 29.4 Å². The van der Waals surface area contributed by atoms with E-state index in [1.165, 1.54) is 12.1 Å². The molecule has 0 radical (unpaired) electrons. The van der Waals surface area contributed by atoms with Gasteiger partial charge in [0.1, 0.15) is 16.2 Å². The standard InChI is InChI=1S/C22H31N5O6S2/c1-22(2,3)10-12-27-21(29)18(19(28)16-7-5-6-11-26(16)27)20-23-15-9-8-14(24-34(4,30)31)13-17(15)35(32,33)25-20/h8-9,13,16,24,28H,5-7,10-12H2,1-4H3,(H,23,25). The zero-order chi connectivity index (χ0) is 25.8. The number of benzene rings is 1. The zero-order valence-electron chi connectivity index (χ0n) is 20.2. The Morgan fingerprint density at radius 2 is 1.97 bits per heavy atom. The van der Waals surface area contributed by atoms with E-state index in [1.54, 1.807) is 5.01 Å². The molecule has 1 aromatic rings. The van der Waals surface area contributed by atoms with Gasteiger partial charge in [0.2, 0.25) is 10.0 Å². The number of carbonyl (C=O) groups excluding carboxylic acids is 1. The molecular formula is C22H31N5O6S2. The number of amidine groups is 1. The van der Waals surface area contributed by atoms with E-state index in [1.807, 2.05) is 5.01 Å². The quantitative estimate of drug-likeness (QED) is 0.531. The number of carbonyl (C=O) groups is 1. The SMILES string of the molecule is CC(C)(C)CCN1C(=O)C(C2=NS(=O)(=O)c3cc(NS(C)(=O)=O)ccc3N2)=C(O)C2CCCCN21. The molecule has 3 heterocycles. The van der Waals surface area contributed by atoms with E-state index < -0.39 is 32.0 Å². The average molecular weight is 526 g/mol. The highest BCUT2D eigenvalue weighted by atomic mass is 32.2. The van der Waals surface area contributed by atoms with Crippen molar-refractivity contribution in [2.24, 2.45) is 9.81 Å². The van der Waals surface area contributed by atoms with Gasteiger partial charge in [0.05, 0.1) is 18.0 Å². The molecule has 1 amide bonds. The summed E-state index contributed by atoms with van der Waals surface area (Å²) in [6.07, 6.45) is 4.07. The summed E-state index contributed by atoms with van der Waals surface area (Å²) < 4.78 is 55.2. The first kappa shape index (κ1) is 25.5.